The molecule has 8 aliphatic rings. The van der Waals surface area contributed by atoms with Gasteiger partial charge in [-0.15, -0.1) is 0 Å². The van der Waals surface area contributed by atoms with Crippen LogP contribution in [0.4, 0.5) is 9.59 Å². The zero-order valence-corrected chi connectivity index (χ0v) is 57.7. The van der Waals surface area contributed by atoms with Crippen LogP contribution in [0.1, 0.15) is 156 Å². The summed E-state index contributed by atoms with van der Waals surface area (Å²) in [6.45, 7) is 16.0. The van der Waals surface area contributed by atoms with E-state index >= 15 is 9.59 Å². The molecule has 17 atom stereocenters. The van der Waals surface area contributed by atoms with Crippen molar-refractivity contribution in [1.82, 2.24) is 26.8 Å². The highest BCUT2D eigenvalue weighted by Crippen LogP contribution is 2.79. The molecule has 27 heteroatoms. The van der Waals surface area contributed by atoms with Gasteiger partial charge in [0.1, 0.15) is 29.0 Å². The lowest BCUT2D eigenvalue weighted by Crippen LogP contribution is -2.83. The number of hydrogen-bond acceptors (Lipinski definition) is 22. The summed E-state index contributed by atoms with van der Waals surface area (Å²) in [7, 11) is 2.81. The van der Waals surface area contributed by atoms with E-state index in [9.17, 15) is 48.9 Å². The fraction of sp³-hybridized carbons (Fsp3) is 0.632. The SMILES string of the molecule is CC(C)=C[C@H](NC(=O)OC(C)(C)C)[C@@H](OC(=O)Cc1ccccc1SSC(C)CCC(=O)NNC(=O)CCCC[C@@H]1SC[C@@H]2NC(=O)N[C@@H]21)C(=O)O[C@H]1C[C@@]2(O)[C@@H](OC(=O)c3ccccc3)C34C[C@@]2(C)C(=C1C)[C@@H](OC(=O)C1CC1)C(=O)[C@]3(C)[C@@H](O)C[C@H]1OC[C@]14OC(C)O. The van der Waals surface area contributed by atoms with Crippen LogP contribution in [-0.4, -0.2) is 170 Å². The molecule has 518 valence electrons. The highest BCUT2D eigenvalue weighted by Gasteiger charge is 2.90. The minimum absolute atomic E-state index is 0.0259. The van der Waals surface area contributed by atoms with E-state index in [0.717, 1.165) is 18.6 Å². The molecule has 0 aromatic heterocycles. The lowest BCUT2D eigenvalue weighted by atomic mass is 9.43. The quantitative estimate of drug-likeness (QED) is 0.00729. The van der Waals surface area contributed by atoms with Crippen molar-refractivity contribution in [2.45, 2.75) is 240 Å². The standard InChI is InChI=1S/C68H89N5O19S3/c1-35(2)28-42(70-62(84)92-63(6,7)8)54(88-51(78)29-41-20-14-15-21-45(41)95-94-36(3)24-27-50(77)73-72-49(76)23-17-16-22-46-53-43(32-93-46)69-61(83)71-53)59(82)87-44-31-67(85)60(90-58(81)39-18-12-11-13-19-39)66-33-64(67,9)52(37(44)4)55(89-57(80)40-25-26-40)56(79)65(66,10)47(75)30-48-68(66,34-86-48)91-38(5)74/h11-15,18-21,28,36,38,40,42-44,46-48,53-55,60,74-75,85H,16-17,22-27,29-34H2,1-10H3,(H,70,84)(H,72,76)(H,73,77)(H2,69,71,83)/t36?,38?,42-,43-,44-,46-,47-,48+,53-,54+,55+,60-,64-,65-,66?,67+,68-/m0/s1. The average Bonchev–Trinajstić information content (AvgIpc) is 1.49. The molecule has 3 aliphatic heterocycles. The summed E-state index contributed by atoms with van der Waals surface area (Å²) < 4.78 is 44.1. The fourth-order valence-electron chi connectivity index (χ4n) is 15.4. The number of carbonyl (C=O) groups excluding carboxylic acids is 9. The van der Waals surface area contributed by atoms with Crippen molar-refractivity contribution >= 4 is 86.9 Å². The first-order valence-corrected chi connectivity index (χ1v) is 35.9. The number of esters is 4. The number of rotatable bonds is 25. The van der Waals surface area contributed by atoms with Crippen LogP contribution in [0.3, 0.4) is 0 Å². The molecule has 0 radical (unpaired) electrons. The van der Waals surface area contributed by atoms with Crippen molar-refractivity contribution in [2.75, 3.05) is 12.4 Å². The van der Waals surface area contributed by atoms with Crippen molar-refractivity contribution in [2.24, 2.45) is 22.2 Å². The number of carbonyl (C=O) groups is 9. The van der Waals surface area contributed by atoms with Gasteiger partial charge in [-0.1, -0.05) is 89.9 Å². The predicted octanol–water partition coefficient (Wildman–Crippen LogP) is 6.94. The van der Waals surface area contributed by atoms with Gasteiger partial charge < -0.3 is 64.4 Å². The first-order chi connectivity index (χ1) is 44.8. The minimum atomic E-state index is -2.41. The first-order valence-electron chi connectivity index (χ1n) is 32.7. The zero-order chi connectivity index (χ0) is 68.7. The molecule has 5 amide bonds. The van der Waals surface area contributed by atoms with Crippen LogP contribution >= 0.6 is 33.3 Å². The molecule has 5 aliphatic carbocycles. The minimum Gasteiger partial charge on any atom is -0.455 e. The molecular formula is C68H89N5O19S3. The van der Waals surface area contributed by atoms with Crippen LogP contribution in [0.25, 0.3) is 0 Å². The van der Waals surface area contributed by atoms with Gasteiger partial charge in [0.25, 0.3) is 0 Å². The molecule has 1 spiro atoms. The van der Waals surface area contributed by atoms with E-state index in [0.29, 0.717) is 41.7 Å². The predicted molar refractivity (Wildman–Crippen MR) is 350 cm³/mol. The third-order valence-corrected chi connectivity index (χ3v) is 24.7. The second kappa shape index (κ2) is 28.3. The van der Waals surface area contributed by atoms with Crippen molar-refractivity contribution in [3.8, 4) is 0 Å². The van der Waals surface area contributed by atoms with Gasteiger partial charge in [-0.25, -0.2) is 19.2 Å². The number of benzene rings is 2. The lowest BCUT2D eigenvalue weighted by Gasteiger charge is -2.69. The Labute approximate surface area is 565 Å². The summed E-state index contributed by atoms with van der Waals surface area (Å²) >= 11 is 1.81. The van der Waals surface area contributed by atoms with Gasteiger partial charge in [0, 0.05) is 52.2 Å². The highest BCUT2D eigenvalue weighted by atomic mass is 33.1. The molecule has 10 rings (SSSR count). The summed E-state index contributed by atoms with van der Waals surface area (Å²) in [4.78, 5) is 127. The summed E-state index contributed by atoms with van der Waals surface area (Å²) in [6, 6.07) is 13.6. The van der Waals surface area contributed by atoms with E-state index in [1.807, 2.05) is 18.7 Å². The molecule has 3 unspecified atom stereocenters. The van der Waals surface area contributed by atoms with Crippen LogP contribution in [0, 0.1) is 22.2 Å². The van der Waals surface area contributed by atoms with Crippen LogP contribution in [0.2, 0.25) is 0 Å². The van der Waals surface area contributed by atoms with E-state index in [2.05, 4.69) is 26.8 Å². The van der Waals surface area contributed by atoms with E-state index in [1.54, 1.807) is 90.9 Å². The third-order valence-electron chi connectivity index (χ3n) is 20.1. The summed E-state index contributed by atoms with van der Waals surface area (Å²) in [5.41, 5.74) is -4.66. The first kappa shape index (κ1) is 71.6. The van der Waals surface area contributed by atoms with E-state index in [4.69, 9.17) is 33.2 Å². The number of fused-ring (bicyclic) bond motifs is 2. The Hall–Kier alpha value is -6.20. The second-order valence-corrected chi connectivity index (χ2v) is 32.2. The van der Waals surface area contributed by atoms with E-state index < -0.39 is 137 Å². The van der Waals surface area contributed by atoms with E-state index in [1.165, 1.54) is 53.6 Å². The Morgan fingerprint density at radius 3 is 2.27 bits per heavy atom. The molecule has 24 nitrogen and oxygen atoms in total. The maximum absolute atomic E-state index is 16.2. The fourth-order valence-corrected chi connectivity index (χ4v) is 19.4. The van der Waals surface area contributed by atoms with Crippen molar-refractivity contribution in [1.29, 1.82) is 0 Å². The Morgan fingerprint density at radius 1 is 0.916 bits per heavy atom. The molecule has 2 bridgehead atoms. The number of Topliss-reactive ketones (excluding diaryl/α,β-unsaturated/α-hetero) is 1. The summed E-state index contributed by atoms with van der Waals surface area (Å²) in [5.74, 6) is -4.96. The number of aliphatic hydroxyl groups is 3. The molecule has 4 saturated carbocycles. The number of allylic oxidation sites excluding steroid dienone is 1. The highest BCUT2D eigenvalue weighted by molar-refractivity contribution is 8.77. The van der Waals surface area contributed by atoms with Gasteiger partial charge in [-0.2, -0.15) is 11.8 Å². The number of hydrogen-bond donors (Lipinski definition) is 8. The van der Waals surface area contributed by atoms with E-state index in [-0.39, 0.29) is 89.4 Å². The van der Waals surface area contributed by atoms with Crippen LogP contribution in [-0.2, 0) is 68.3 Å². The number of unbranched alkanes of at least 4 members (excludes halogenated alkanes) is 1. The van der Waals surface area contributed by atoms with Crippen LogP contribution < -0.4 is 26.8 Å². The maximum atomic E-state index is 16.2. The molecule has 2 aromatic rings. The lowest BCUT2D eigenvalue weighted by molar-refractivity contribution is -0.402. The maximum Gasteiger partial charge on any atom is 0.408 e. The number of aliphatic hydroxyl groups excluding tert-OH is 2. The van der Waals surface area contributed by atoms with Crippen molar-refractivity contribution < 1.29 is 91.6 Å². The van der Waals surface area contributed by atoms with Gasteiger partial charge in [0.05, 0.1) is 65.7 Å². The number of urea groups is 1. The molecular weight excluding hydrogens is 1290 g/mol. The Balaban J connectivity index is 0.898. The molecule has 2 aromatic carbocycles. The number of nitrogens with one attached hydrogen (secondary N) is 5. The Bertz CT molecular complexity index is 3380. The van der Waals surface area contributed by atoms with Crippen LogP contribution in [0.5, 0.6) is 0 Å². The number of ketones is 1. The number of amides is 5. The molecule has 7 fully saturated rings. The van der Waals surface area contributed by atoms with Gasteiger partial charge >= 0.3 is 36.0 Å². The molecule has 3 saturated heterocycles. The second-order valence-electron chi connectivity index (χ2n) is 28.2. The topological polar surface area (TPSA) is 339 Å². The van der Waals surface area contributed by atoms with Gasteiger partial charge in [-0.3, -0.25) is 34.8 Å². The Morgan fingerprint density at radius 2 is 1.61 bits per heavy atom. The molecule has 95 heavy (non-hydrogen) atoms. The molecule has 3 heterocycles. The van der Waals surface area contributed by atoms with Gasteiger partial charge in [0.15, 0.2) is 18.2 Å². The summed E-state index contributed by atoms with van der Waals surface area (Å²) in [6.07, 6.45) is -8.25. The largest absolute Gasteiger partial charge is 0.455 e. The van der Waals surface area contributed by atoms with Gasteiger partial charge in [0.2, 0.25) is 17.9 Å². The van der Waals surface area contributed by atoms with Crippen molar-refractivity contribution in [3.63, 3.8) is 0 Å². The van der Waals surface area contributed by atoms with Gasteiger partial charge in [-0.05, 0) is 129 Å². The third kappa shape index (κ3) is 14.3. The smallest absolute Gasteiger partial charge is 0.408 e. The number of alkyl carbamates (subject to hydrolysis) is 1. The zero-order valence-electron chi connectivity index (χ0n) is 55.3. The van der Waals surface area contributed by atoms with Crippen molar-refractivity contribution in [3.05, 3.63) is 88.5 Å². The monoisotopic (exact) mass is 1380 g/mol. The molecule has 8 N–H and O–H groups in total. The van der Waals surface area contributed by atoms with Crippen LogP contribution in [0.15, 0.2) is 82.3 Å². The Kier molecular flexibility index (Phi) is 21.3. The number of hydrazine groups is 1. The normalized spacial score (nSPS) is 32.1. The number of ether oxygens (including phenoxy) is 7. The average molecular weight is 1380 g/mol. The number of thioether (sulfide) groups is 1. The summed E-state index contributed by atoms with van der Waals surface area (Å²) in [5, 5.41) is 46.9.